The SMILES string of the molecule is CC1(C)CC(C(O)C2(c3ccccc3)CCC2)C(C)(C)O1. The van der Waals surface area contributed by atoms with E-state index in [4.69, 9.17) is 4.74 Å². The molecule has 1 heterocycles. The van der Waals surface area contributed by atoms with Gasteiger partial charge in [0.25, 0.3) is 0 Å². The number of benzene rings is 1. The van der Waals surface area contributed by atoms with Crippen molar-refractivity contribution < 1.29 is 9.84 Å². The van der Waals surface area contributed by atoms with Gasteiger partial charge in [-0.2, -0.15) is 0 Å². The van der Waals surface area contributed by atoms with E-state index < -0.39 is 0 Å². The standard InChI is InChI=1S/C19H28O2/c1-17(2)13-15(18(3,4)21-17)16(20)19(11-8-12-19)14-9-6-5-7-10-14/h5-7,9-10,15-16,20H,8,11-13H2,1-4H3. The smallest absolute Gasteiger partial charge is 0.0693 e. The van der Waals surface area contributed by atoms with Crippen LogP contribution in [-0.2, 0) is 10.2 Å². The van der Waals surface area contributed by atoms with Crippen LogP contribution < -0.4 is 0 Å². The minimum atomic E-state index is -0.328. The Labute approximate surface area is 128 Å². The maximum absolute atomic E-state index is 11.3. The van der Waals surface area contributed by atoms with Crippen molar-refractivity contribution in [2.24, 2.45) is 5.92 Å². The van der Waals surface area contributed by atoms with Gasteiger partial charge in [-0.25, -0.2) is 0 Å². The molecule has 1 N–H and O–H groups in total. The monoisotopic (exact) mass is 288 g/mol. The lowest BCUT2D eigenvalue weighted by Gasteiger charge is -2.50. The summed E-state index contributed by atoms with van der Waals surface area (Å²) < 4.78 is 6.21. The van der Waals surface area contributed by atoms with E-state index in [1.54, 1.807) is 0 Å². The summed E-state index contributed by atoms with van der Waals surface area (Å²) in [6.07, 6.45) is 3.99. The van der Waals surface area contributed by atoms with Crippen molar-refractivity contribution in [3.05, 3.63) is 35.9 Å². The second-order valence-corrected chi connectivity index (χ2v) is 8.10. The van der Waals surface area contributed by atoms with E-state index in [2.05, 4.69) is 52.0 Å². The summed E-state index contributed by atoms with van der Waals surface area (Å²) in [5.41, 5.74) is 0.827. The second-order valence-electron chi connectivity index (χ2n) is 8.10. The number of ether oxygens (including phenoxy) is 1. The van der Waals surface area contributed by atoms with Gasteiger partial charge >= 0.3 is 0 Å². The average molecular weight is 288 g/mol. The molecule has 21 heavy (non-hydrogen) atoms. The van der Waals surface area contributed by atoms with Crippen molar-refractivity contribution in [3.63, 3.8) is 0 Å². The molecule has 1 aliphatic heterocycles. The summed E-state index contributed by atoms with van der Waals surface area (Å²) in [5.74, 6) is 0.188. The quantitative estimate of drug-likeness (QED) is 0.908. The van der Waals surface area contributed by atoms with Crippen molar-refractivity contribution in [1.82, 2.24) is 0 Å². The zero-order valence-corrected chi connectivity index (χ0v) is 13.7. The van der Waals surface area contributed by atoms with Gasteiger partial charge in [-0.1, -0.05) is 36.8 Å². The van der Waals surface area contributed by atoms with Crippen LogP contribution in [0.2, 0.25) is 0 Å². The van der Waals surface area contributed by atoms with Crippen molar-refractivity contribution in [2.45, 2.75) is 76.1 Å². The highest BCUT2D eigenvalue weighted by molar-refractivity contribution is 5.31. The van der Waals surface area contributed by atoms with Gasteiger partial charge in [-0.05, 0) is 52.5 Å². The van der Waals surface area contributed by atoms with Crippen molar-refractivity contribution in [1.29, 1.82) is 0 Å². The molecular weight excluding hydrogens is 260 g/mol. The van der Waals surface area contributed by atoms with E-state index in [9.17, 15) is 5.11 Å². The van der Waals surface area contributed by atoms with Crippen LogP contribution in [0.5, 0.6) is 0 Å². The zero-order valence-electron chi connectivity index (χ0n) is 13.7. The van der Waals surface area contributed by atoms with Crippen LogP contribution in [0.25, 0.3) is 0 Å². The molecule has 2 aliphatic rings. The molecule has 1 saturated carbocycles. The summed E-state index contributed by atoms with van der Waals surface area (Å²) in [7, 11) is 0. The fraction of sp³-hybridized carbons (Fsp3) is 0.684. The molecule has 1 aromatic carbocycles. The first kappa shape index (κ1) is 15.1. The van der Waals surface area contributed by atoms with Crippen LogP contribution >= 0.6 is 0 Å². The molecule has 0 aromatic heterocycles. The average Bonchev–Trinajstić information content (AvgIpc) is 2.57. The summed E-state index contributed by atoms with van der Waals surface area (Å²) in [4.78, 5) is 0. The minimum absolute atomic E-state index is 0.0625. The van der Waals surface area contributed by atoms with Gasteiger partial charge < -0.3 is 9.84 Å². The third-order valence-electron chi connectivity index (χ3n) is 5.69. The van der Waals surface area contributed by atoms with Crippen molar-refractivity contribution in [3.8, 4) is 0 Å². The molecular formula is C19H28O2. The third kappa shape index (κ3) is 2.43. The molecule has 2 nitrogen and oxygen atoms in total. The summed E-state index contributed by atoms with van der Waals surface area (Å²) in [6.45, 7) is 8.54. The Hall–Kier alpha value is -0.860. The van der Waals surface area contributed by atoms with Gasteiger partial charge in [0, 0.05) is 11.3 Å². The molecule has 1 aliphatic carbocycles. The largest absolute Gasteiger partial charge is 0.392 e. The van der Waals surface area contributed by atoms with Crippen LogP contribution in [0, 0.1) is 5.92 Å². The van der Waals surface area contributed by atoms with E-state index in [1.165, 1.54) is 12.0 Å². The highest BCUT2D eigenvalue weighted by atomic mass is 16.5. The molecule has 1 aromatic rings. The van der Waals surface area contributed by atoms with E-state index in [0.717, 1.165) is 19.3 Å². The Morgan fingerprint density at radius 2 is 1.71 bits per heavy atom. The van der Waals surface area contributed by atoms with E-state index in [0.29, 0.717) is 0 Å². The zero-order chi connectivity index (χ0) is 15.3. The first-order chi connectivity index (χ1) is 9.77. The molecule has 116 valence electrons. The van der Waals surface area contributed by atoms with Gasteiger partial charge in [0.05, 0.1) is 17.3 Å². The number of aliphatic hydroxyl groups is 1. The first-order valence-corrected chi connectivity index (χ1v) is 8.21. The molecule has 0 radical (unpaired) electrons. The van der Waals surface area contributed by atoms with Gasteiger partial charge in [0.2, 0.25) is 0 Å². The molecule has 3 rings (SSSR count). The molecule has 0 bridgehead atoms. The van der Waals surface area contributed by atoms with Crippen LogP contribution in [0.15, 0.2) is 30.3 Å². The Morgan fingerprint density at radius 1 is 1.10 bits per heavy atom. The third-order valence-corrected chi connectivity index (χ3v) is 5.69. The number of hydrogen-bond acceptors (Lipinski definition) is 2. The fourth-order valence-corrected chi connectivity index (χ4v) is 4.56. The lowest BCUT2D eigenvalue weighted by atomic mass is 9.57. The normalized spacial score (nSPS) is 30.6. The topological polar surface area (TPSA) is 29.5 Å². The lowest BCUT2D eigenvalue weighted by Crippen LogP contribution is -2.52. The van der Waals surface area contributed by atoms with Crippen LogP contribution in [0.4, 0.5) is 0 Å². The second kappa shape index (κ2) is 4.82. The molecule has 0 amide bonds. The minimum Gasteiger partial charge on any atom is -0.392 e. The van der Waals surface area contributed by atoms with Crippen LogP contribution in [0.3, 0.4) is 0 Å². The Balaban J connectivity index is 1.92. The predicted octanol–water partition coefficient (Wildman–Crippen LogP) is 4.06. The molecule has 2 heteroatoms. The summed E-state index contributed by atoms with van der Waals surface area (Å²) >= 11 is 0. The number of aliphatic hydroxyl groups excluding tert-OH is 1. The predicted molar refractivity (Wildman–Crippen MR) is 85.3 cm³/mol. The van der Waals surface area contributed by atoms with E-state index in [-0.39, 0.29) is 28.6 Å². The molecule has 2 unspecified atom stereocenters. The van der Waals surface area contributed by atoms with Crippen LogP contribution in [-0.4, -0.2) is 22.4 Å². The lowest BCUT2D eigenvalue weighted by molar-refractivity contribution is -0.104. The van der Waals surface area contributed by atoms with E-state index in [1.807, 2.05) is 6.07 Å². The Morgan fingerprint density at radius 3 is 2.14 bits per heavy atom. The highest BCUT2D eigenvalue weighted by Gasteiger charge is 2.56. The van der Waals surface area contributed by atoms with Gasteiger partial charge in [-0.15, -0.1) is 0 Å². The molecule has 2 fully saturated rings. The molecule has 0 spiro atoms. The van der Waals surface area contributed by atoms with E-state index >= 15 is 0 Å². The maximum atomic E-state index is 11.3. The summed E-state index contributed by atoms with van der Waals surface area (Å²) in [6, 6.07) is 10.6. The van der Waals surface area contributed by atoms with Gasteiger partial charge in [0.15, 0.2) is 0 Å². The molecule has 2 atom stereocenters. The van der Waals surface area contributed by atoms with Gasteiger partial charge in [0.1, 0.15) is 0 Å². The number of hydrogen-bond donors (Lipinski definition) is 1. The van der Waals surface area contributed by atoms with Gasteiger partial charge in [-0.3, -0.25) is 0 Å². The highest BCUT2D eigenvalue weighted by Crippen LogP contribution is 2.54. The first-order valence-electron chi connectivity index (χ1n) is 8.21. The summed E-state index contributed by atoms with van der Waals surface area (Å²) in [5, 5.41) is 11.3. The molecule has 1 saturated heterocycles. The number of rotatable bonds is 3. The van der Waals surface area contributed by atoms with Crippen molar-refractivity contribution >= 4 is 0 Å². The van der Waals surface area contributed by atoms with Crippen LogP contribution in [0.1, 0.15) is 58.9 Å². The Bertz CT molecular complexity index is 500. The van der Waals surface area contributed by atoms with Crippen molar-refractivity contribution in [2.75, 3.05) is 0 Å². The Kier molecular flexibility index (Phi) is 3.46. The fourth-order valence-electron chi connectivity index (χ4n) is 4.56. The maximum Gasteiger partial charge on any atom is 0.0693 e.